The predicted octanol–water partition coefficient (Wildman–Crippen LogP) is 1.61. The van der Waals surface area contributed by atoms with Crippen molar-refractivity contribution in [1.82, 2.24) is 10.2 Å². The van der Waals surface area contributed by atoms with Crippen LogP contribution >= 0.6 is 11.6 Å². The van der Waals surface area contributed by atoms with E-state index in [1.54, 1.807) is 6.34 Å². The number of nitrogens with one attached hydrogen (secondary N) is 1. The first-order valence-electron chi connectivity index (χ1n) is 3.82. The molecule has 1 N–H and O–H groups in total. The molecular formula is C8H16ClN3. The van der Waals surface area contributed by atoms with Gasteiger partial charge in [-0.2, -0.15) is 0 Å². The van der Waals surface area contributed by atoms with Crippen LogP contribution in [-0.2, 0) is 0 Å². The topological polar surface area (TPSA) is 27.6 Å². The number of hydrogen-bond acceptors (Lipinski definition) is 2. The number of aliphatic imine (C=N–C) groups is 1. The number of halogens is 1. The second-order valence-corrected chi connectivity index (χ2v) is 3.19. The summed E-state index contributed by atoms with van der Waals surface area (Å²) in [7, 11) is 3.72. The highest BCUT2D eigenvalue weighted by atomic mass is 35.5. The minimum absolute atomic E-state index is 0.0314. The van der Waals surface area contributed by atoms with Gasteiger partial charge in [0.05, 0.1) is 12.0 Å². The zero-order valence-corrected chi connectivity index (χ0v) is 8.76. The van der Waals surface area contributed by atoms with Gasteiger partial charge in [0.2, 0.25) is 0 Å². The second-order valence-electron chi connectivity index (χ2n) is 2.56. The van der Waals surface area contributed by atoms with Gasteiger partial charge in [-0.05, 0) is 13.8 Å². The average molecular weight is 190 g/mol. The lowest BCUT2D eigenvalue weighted by Gasteiger charge is -2.14. The molecule has 1 atom stereocenters. The summed E-state index contributed by atoms with van der Waals surface area (Å²) in [6.07, 6.45) is 3.53. The molecule has 0 spiro atoms. The number of nitrogens with zero attached hydrogens (tertiary/aromatic N) is 2. The molecule has 12 heavy (non-hydrogen) atoms. The van der Waals surface area contributed by atoms with Crippen molar-refractivity contribution >= 4 is 17.9 Å². The molecule has 0 aromatic carbocycles. The van der Waals surface area contributed by atoms with Crippen molar-refractivity contribution in [1.29, 1.82) is 0 Å². The Bertz CT molecular complexity index is 175. The standard InChI is InChI=1S/C8H16ClN3/c1-7(5-10-3)11-6-12(4)8(2)9/h5-6,8,10H,1-4H3/b7-5+,11-6-. The van der Waals surface area contributed by atoms with E-state index in [4.69, 9.17) is 11.6 Å². The molecule has 4 heteroatoms. The normalized spacial score (nSPS) is 14.9. The smallest absolute Gasteiger partial charge is 0.101 e. The fraction of sp³-hybridized carbons (Fsp3) is 0.625. The Labute approximate surface area is 79.1 Å². The Balaban J connectivity index is 3.97. The number of alkyl halides is 1. The van der Waals surface area contributed by atoms with E-state index < -0.39 is 0 Å². The van der Waals surface area contributed by atoms with Crippen LogP contribution in [0.4, 0.5) is 0 Å². The summed E-state index contributed by atoms with van der Waals surface area (Å²) in [5.74, 6) is 0. The van der Waals surface area contributed by atoms with E-state index >= 15 is 0 Å². The van der Waals surface area contributed by atoms with Crippen molar-refractivity contribution in [3.05, 3.63) is 11.9 Å². The molecular weight excluding hydrogens is 174 g/mol. The van der Waals surface area contributed by atoms with Crippen LogP contribution in [0.15, 0.2) is 16.9 Å². The lowest BCUT2D eigenvalue weighted by Crippen LogP contribution is -2.22. The summed E-state index contributed by atoms with van der Waals surface area (Å²) in [6.45, 7) is 3.81. The molecule has 0 aromatic heterocycles. The van der Waals surface area contributed by atoms with Crippen LogP contribution in [-0.4, -0.2) is 30.8 Å². The van der Waals surface area contributed by atoms with E-state index in [-0.39, 0.29) is 5.50 Å². The molecule has 0 rings (SSSR count). The molecule has 0 saturated carbocycles. The SMILES string of the molecule is CN/C=C(C)/N=C\N(C)C(C)Cl. The minimum atomic E-state index is -0.0314. The third-order valence-corrected chi connectivity index (χ3v) is 1.67. The molecule has 0 radical (unpaired) electrons. The van der Waals surface area contributed by atoms with E-state index in [9.17, 15) is 0 Å². The van der Waals surface area contributed by atoms with Crippen LogP contribution in [0.1, 0.15) is 13.8 Å². The maximum absolute atomic E-state index is 5.79. The van der Waals surface area contributed by atoms with Gasteiger partial charge < -0.3 is 10.2 Å². The summed E-state index contributed by atoms with van der Waals surface area (Å²) in [5, 5.41) is 2.89. The molecule has 0 aliphatic carbocycles. The average Bonchev–Trinajstić information content (AvgIpc) is 2.00. The van der Waals surface area contributed by atoms with E-state index in [2.05, 4.69) is 10.3 Å². The maximum Gasteiger partial charge on any atom is 0.101 e. The predicted molar refractivity (Wildman–Crippen MR) is 54.4 cm³/mol. The van der Waals surface area contributed by atoms with Gasteiger partial charge in [0, 0.05) is 20.3 Å². The lowest BCUT2D eigenvalue weighted by atomic mass is 10.5. The van der Waals surface area contributed by atoms with Gasteiger partial charge in [-0.25, -0.2) is 4.99 Å². The fourth-order valence-electron chi connectivity index (χ4n) is 0.520. The molecule has 0 saturated heterocycles. The minimum Gasteiger partial charge on any atom is -0.393 e. The molecule has 3 nitrogen and oxygen atoms in total. The van der Waals surface area contributed by atoms with Gasteiger partial charge >= 0.3 is 0 Å². The first kappa shape index (κ1) is 11.3. The van der Waals surface area contributed by atoms with Crippen molar-refractivity contribution in [2.24, 2.45) is 4.99 Å². The molecule has 0 aromatic rings. The Morgan fingerprint density at radius 2 is 2.25 bits per heavy atom. The van der Waals surface area contributed by atoms with Crippen LogP contribution in [0.3, 0.4) is 0 Å². The molecule has 70 valence electrons. The molecule has 1 unspecified atom stereocenters. The fourth-order valence-corrected chi connectivity index (χ4v) is 0.571. The van der Waals surface area contributed by atoms with Crippen molar-refractivity contribution in [2.75, 3.05) is 14.1 Å². The van der Waals surface area contributed by atoms with E-state index in [0.29, 0.717) is 0 Å². The van der Waals surface area contributed by atoms with Crippen LogP contribution < -0.4 is 5.32 Å². The number of hydrogen-bond donors (Lipinski definition) is 1. The molecule has 0 aliphatic heterocycles. The molecule has 0 amide bonds. The van der Waals surface area contributed by atoms with Crippen LogP contribution in [0.5, 0.6) is 0 Å². The molecule has 0 heterocycles. The zero-order chi connectivity index (χ0) is 9.56. The zero-order valence-electron chi connectivity index (χ0n) is 8.00. The Kier molecular flexibility index (Phi) is 5.54. The quantitative estimate of drug-likeness (QED) is 0.315. The Morgan fingerprint density at radius 1 is 1.67 bits per heavy atom. The second kappa shape index (κ2) is 5.89. The van der Waals surface area contributed by atoms with Crippen LogP contribution in [0.2, 0.25) is 0 Å². The summed E-state index contributed by atoms with van der Waals surface area (Å²) in [4.78, 5) is 5.98. The highest BCUT2D eigenvalue weighted by molar-refractivity contribution is 6.20. The third-order valence-electron chi connectivity index (χ3n) is 1.36. The van der Waals surface area contributed by atoms with E-state index in [1.165, 1.54) is 0 Å². The van der Waals surface area contributed by atoms with Crippen molar-refractivity contribution in [3.63, 3.8) is 0 Å². The van der Waals surface area contributed by atoms with Gasteiger partial charge in [0.25, 0.3) is 0 Å². The largest absolute Gasteiger partial charge is 0.393 e. The first-order valence-corrected chi connectivity index (χ1v) is 4.25. The maximum atomic E-state index is 5.79. The Morgan fingerprint density at radius 3 is 2.67 bits per heavy atom. The summed E-state index contributed by atoms with van der Waals surface area (Å²) in [6, 6.07) is 0. The highest BCUT2D eigenvalue weighted by Crippen LogP contribution is 1.98. The third kappa shape index (κ3) is 5.02. The van der Waals surface area contributed by atoms with Crippen molar-refractivity contribution in [3.8, 4) is 0 Å². The van der Waals surface area contributed by atoms with Crippen molar-refractivity contribution < 1.29 is 0 Å². The lowest BCUT2D eigenvalue weighted by molar-refractivity contribution is 0.505. The van der Waals surface area contributed by atoms with Gasteiger partial charge in [-0.1, -0.05) is 11.6 Å². The number of allylic oxidation sites excluding steroid dienone is 1. The Hall–Kier alpha value is -0.700. The number of rotatable bonds is 4. The highest BCUT2D eigenvalue weighted by Gasteiger charge is 1.97. The van der Waals surface area contributed by atoms with E-state index in [1.807, 2.05) is 39.0 Å². The monoisotopic (exact) mass is 189 g/mol. The summed E-state index contributed by atoms with van der Waals surface area (Å²) < 4.78 is 0. The van der Waals surface area contributed by atoms with Crippen LogP contribution in [0.25, 0.3) is 0 Å². The van der Waals surface area contributed by atoms with Gasteiger partial charge in [-0.3, -0.25) is 0 Å². The van der Waals surface area contributed by atoms with Crippen LogP contribution in [0, 0.1) is 0 Å². The molecule has 0 fully saturated rings. The summed E-state index contributed by atoms with van der Waals surface area (Å²) in [5.41, 5.74) is 0.887. The molecule has 0 aliphatic rings. The first-order chi connectivity index (χ1) is 5.57. The van der Waals surface area contributed by atoms with E-state index in [0.717, 1.165) is 5.70 Å². The van der Waals surface area contributed by atoms with Gasteiger partial charge in [0.1, 0.15) is 5.50 Å². The van der Waals surface area contributed by atoms with Crippen molar-refractivity contribution in [2.45, 2.75) is 19.3 Å². The molecule has 0 bridgehead atoms. The van der Waals surface area contributed by atoms with Gasteiger partial charge in [0.15, 0.2) is 0 Å². The summed E-state index contributed by atoms with van der Waals surface area (Å²) >= 11 is 5.79. The van der Waals surface area contributed by atoms with Gasteiger partial charge in [-0.15, -0.1) is 0 Å².